The Morgan fingerprint density at radius 2 is 1.70 bits per heavy atom. The van der Waals surface area contributed by atoms with Gasteiger partial charge in [-0.25, -0.2) is 0 Å². The smallest absolute Gasteiger partial charge is 0.0567 e. The average Bonchev–Trinajstić information content (AvgIpc) is 2.89. The number of para-hydroxylation sites is 1. The summed E-state index contributed by atoms with van der Waals surface area (Å²) in [4.78, 5) is 10.4. The number of halogens is 1. The predicted octanol–water partition coefficient (Wildman–Crippen LogP) is 5.11. The van der Waals surface area contributed by atoms with Crippen LogP contribution in [-0.2, 0) is 0 Å². The van der Waals surface area contributed by atoms with E-state index in [9.17, 15) is 0 Å². The van der Waals surface area contributed by atoms with Gasteiger partial charge in [0.2, 0.25) is 0 Å². The lowest BCUT2D eigenvalue weighted by Gasteiger charge is -2.39. The van der Waals surface area contributed by atoms with Crippen LogP contribution in [0, 0.1) is 0 Å². The fourth-order valence-electron chi connectivity index (χ4n) is 4.88. The van der Waals surface area contributed by atoms with Crippen molar-refractivity contribution in [1.82, 2.24) is 9.80 Å². The van der Waals surface area contributed by atoms with E-state index in [2.05, 4.69) is 58.1 Å². The van der Waals surface area contributed by atoms with Crippen molar-refractivity contribution in [2.75, 3.05) is 38.1 Å². The SMILES string of the molecule is CN1C2CCC1CN(CCCN1c3ccccc3Sc3ccc(Cl)cc31)C2. The molecule has 2 fully saturated rings. The summed E-state index contributed by atoms with van der Waals surface area (Å²) in [5, 5.41) is 0.814. The lowest BCUT2D eigenvalue weighted by molar-refractivity contribution is 0.0884. The zero-order valence-electron chi connectivity index (χ0n) is 15.8. The second-order valence-electron chi connectivity index (χ2n) is 8.00. The van der Waals surface area contributed by atoms with Crippen LogP contribution in [0.15, 0.2) is 52.3 Å². The Morgan fingerprint density at radius 3 is 2.52 bits per heavy atom. The Bertz CT molecular complexity index is 828. The Labute approximate surface area is 171 Å². The van der Waals surface area contributed by atoms with E-state index in [0.29, 0.717) is 0 Å². The van der Waals surface area contributed by atoms with Crippen molar-refractivity contribution in [3.63, 3.8) is 0 Å². The number of fused-ring (bicyclic) bond motifs is 4. The third-order valence-corrected chi connectivity index (χ3v) is 7.73. The Kier molecular flexibility index (Phi) is 4.85. The van der Waals surface area contributed by atoms with Crippen LogP contribution in [0.4, 0.5) is 11.4 Å². The highest BCUT2D eigenvalue weighted by Gasteiger charge is 2.37. The average molecular weight is 400 g/mol. The first-order chi connectivity index (χ1) is 13.2. The van der Waals surface area contributed by atoms with Crippen LogP contribution in [-0.4, -0.2) is 55.1 Å². The summed E-state index contributed by atoms with van der Waals surface area (Å²) in [5.41, 5.74) is 2.57. The second-order valence-corrected chi connectivity index (χ2v) is 9.52. The van der Waals surface area contributed by atoms with Crippen LogP contribution in [0.25, 0.3) is 0 Å². The summed E-state index contributed by atoms with van der Waals surface area (Å²) in [6, 6.07) is 16.6. The van der Waals surface area contributed by atoms with Crippen LogP contribution < -0.4 is 4.90 Å². The minimum Gasteiger partial charge on any atom is -0.340 e. The first kappa shape index (κ1) is 17.9. The summed E-state index contributed by atoms with van der Waals surface area (Å²) >= 11 is 8.18. The van der Waals surface area contributed by atoms with Gasteiger partial charge in [-0.3, -0.25) is 4.90 Å². The van der Waals surface area contributed by atoms with E-state index in [1.165, 1.54) is 60.1 Å². The molecule has 0 radical (unpaired) electrons. The normalized spacial score (nSPS) is 24.7. The number of hydrogen-bond donors (Lipinski definition) is 0. The molecule has 0 amide bonds. The zero-order valence-corrected chi connectivity index (χ0v) is 17.3. The second kappa shape index (κ2) is 7.32. The monoisotopic (exact) mass is 399 g/mol. The molecular formula is C22H26ClN3S. The first-order valence-electron chi connectivity index (χ1n) is 9.97. The standard InChI is InChI=1S/C22H26ClN3S/c1-24-17-8-9-18(24)15-25(14-17)11-4-12-26-19-5-2-3-6-21(19)27-22-10-7-16(23)13-20(22)26/h2-3,5-7,10,13,17-18H,4,8-9,11-12,14-15H2,1H3. The van der Waals surface area contributed by atoms with Gasteiger partial charge in [0.1, 0.15) is 0 Å². The molecule has 142 valence electrons. The minimum atomic E-state index is 0.774. The first-order valence-corrected chi connectivity index (χ1v) is 11.2. The van der Waals surface area contributed by atoms with Crippen molar-refractivity contribution in [1.29, 1.82) is 0 Å². The molecule has 0 saturated carbocycles. The molecule has 5 heteroatoms. The molecule has 0 spiro atoms. The molecule has 2 atom stereocenters. The van der Waals surface area contributed by atoms with E-state index in [-0.39, 0.29) is 0 Å². The van der Waals surface area contributed by atoms with Gasteiger partial charge in [0, 0.05) is 46.5 Å². The van der Waals surface area contributed by atoms with E-state index >= 15 is 0 Å². The van der Waals surface area contributed by atoms with E-state index in [4.69, 9.17) is 11.6 Å². The summed E-state index contributed by atoms with van der Waals surface area (Å²) < 4.78 is 0. The van der Waals surface area contributed by atoms with Crippen LogP contribution >= 0.6 is 23.4 Å². The maximum absolute atomic E-state index is 6.33. The lowest BCUT2D eigenvalue weighted by Crippen LogP contribution is -2.52. The fourth-order valence-corrected chi connectivity index (χ4v) is 6.12. The van der Waals surface area contributed by atoms with Crippen molar-refractivity contribution >= 4 is 34.7 Å². The Morgan fingerprint density at radius 1 is 0.963 bits per heavy atom. The summed E-state index contributed by atoms with van der Waals surface area (Å²) in [6.07, 6.45) is 3.93. The van der Waals surface area contributed by atoms with Crippen molar-refractivity contribution < 1.29 is 0 Å². The molecule has 0 aliphatic carbocycles. The topological polar surface area (TPSA) is 9.72 Å². The van der Waals surface area contributed by atoms with Crippen LogP contribution in [0.5, 0.6) is 0 Å². The molecule has 2 unspecified atom stereocenters. The van der Waals surface area contributed by atoms with E-state index in [0.717, 1.165) is 23.7 Å². The number of rotatable bonds is 4. The molecule has 3 nitrogen and oxygen atoms in total. The van der Waals surface area contributed by atoms with Gasteiger partial charge >= 0.3 is 0 Å². The van der Waals surface area contributed by atoms with Gasteiger partial charge in [-0.15, -0.1) is 0 Å². The largest absolute Gasteiger partial charge is 0.340 e. The number of anilines is 2. The highest BCUT2D eigenvalue weighted by Crippen LogP contribution is 2.48. The van der Waals surface area contributed by atoms with Crippen LogP contribution in [0.3, 0.4) is 0 Å². The summed E-state index contributed by atoms with van der Waals surface area (Å²) in [7, 11) is 2.31. The molecule has 0 N–H and O–H groups in total. The fraction of sp³-hybridized carbons (Fsp3) is 0.455. The van der Waals surface area contributed by atoms with Crippen molar-refractivity contribution in [3.8, 4) is 0 Å². The molecule has 0 aromatic heterocycles. The molecule has 2 bridgehead atoms. The molecule has 3 aliphatic heterocycles. The predicted molar refractivity (Wildman–Crippen MR) is 115 cm³/mol. The zero-order chi connectivity index (χ0) is 18.4. The van der Waals surface area contributed by atoms with Gasteiger partial charge in [0.05, 0.1) is 11.4 Å². The van der Waals surface area contributed by atoms with E-state index in [1.807, 2.05) is 17.8 Å². The van der Waals surface area contributed by atoms with Crippen LogP contribution in [0.2, 0.25) is 5.02 Å². The number of piperazine rings is 1. The molecule has 3 heterocycles. The van der Waals surface area contributed by atoms with E-state index in [1.54, 1.807) is 0 Å². The summed E-state index contributed by atoms with van der Waals surface area (Å²) in [6.45, 7) is 4.69. The van der Waals surface area contributed by atoms with Gasteiger partial charge in [-0.2, -0.15) is 0 Å². The molecular weight excluding hydrogens is 374 g/mol. The molecule has 3 aliphatic rings. The molecule has 2 aromatic rings. The van der Waals surface area contributed by atoms with Gasteiger partial charge in [0.15, 0.2) is 0 Å². The van der Waals surface area contributed by atoms with Crippen molar-refractivity contribution in [3.05, 3.63) is 47.5 Å². The van der Waals surface area contributed by atoms with E-state index < -0.39 is 0 Å². The quantitative estimate of drug-likeness (QED) is 0.706. The van der Waals surface area contributed by atoms with Crippen molar-refractivity contribution in [2.45, 2.75) is 41.1 Å². The molecule has 2 saturated heterocycles. The number of nitrogens with zero attached hydrogens (tertiary/aromatic N) is 3. The number of hydrogen-bond acceptors (Lipinski definition) is 4. The summed E-state index contributed by atoms with van der Waals surface area (Å²) in [5.74, 6) is 0. The number of likely N-dealkylation sites (tertiary alicyclic amines) is 1. The van der Waals surface area contributed by atoms with Gasteiger partial charge in [0.25, 0.3) is 0 Å². The van der Waals surface area contributed by atoms with Crippen LogP contribution in [0.1, 0.15) is 19.3 Å². The Balaban J connectivity index is 1.31. The number of likely N-dealkylation sites (N-methyl/N-ethyl adjacent to an activating group) is 1. The molecule has 5 rings (SSSR count). The molecule has 2 aromatic carbocycles. The van der Waals surface area contributed by atoms with Gasteiger partial charge < -0.3 is 9.80 Å². The van der Waals surface area contributed by atoms with Gasteiger partial charge in [-0.05, 0) is 63.2 Å². The maximum atomic E-state index is 6.33. The number of benzene rings is 2. The third-order valence-electron chi connectivity index (χ3n) is 6.37. The Hall–Kier alpha value is -1.20. The minimum absolute atomic E-state index is 0.774. The maximum Gasteiger partial charge on any atom is 0.0567 e. The highest BCUT2D eigenvalue weighted by molar-refractivity contribution is 7.99. The highest BCUT2D eigenvalue weighted by atomic mass is 35.5. The van der Waals surface area contributed by atoms with Gasteiger partial charge in [-0.1, -0.05) is 35.5 Å². The third kappa shape index (κ3) is 3.38. The van der Waals surface area contributed by atoms with Crippen molar-refractivity contribution in [2.24, 2.45) is 0 Å². The lowest BCUT2D eigenvalue weighted by atomic mass is 10.1. The molecule has 27 heavy (non-hydrogen) atoms.